The third-order valence-electron chi connectivity index (χ3n) is 4.02. The summed E-state index contributed by atoms with van der Waals surface area (Å²) in [6.45, 7) is 6.52. The van der Waals surface area contributed by atoms with Gasteiger partial charge in [-0.1, -0.05) is 31.8 Å². The second-order valence-corrected chi connectivity index (χ2v) is 6.30. The average Bonchev–Trinajstić information content (AvgIpc) is 3.00. The number of oxime groups is 1. The highest BCUT2D eigenvalue weighted by Gasteiger charge is 2.23. The van der Waals surface area contributed by atoms with E-state index in [0.717, 1.165) is 13.1 Å². The zero-order chi connectivity index (χ0) is 15.2. The highest BCUT2D eigenvalue weighted by Crippen LogP contribution is 2.25. The molecule has 0 radical (unpaired) electrons. The van der Waals surface area contributed by atoms with Gasteiger partial charge in [-0.3, -0.25) is 9.88 Å². The summed E-state index contributed by atoms with van der Waals surface area (Å²) in [7, 11) is 0. The van der Waals surface area contributed by atoms with Gasteiger partial charge in [0.2, 0.25) is 0 Å². The van der Waals surface area contributed by atoms with Crippen LogP contribution in [0.5, 0.6) is 0 Å². The largest absolute Gasteiger partial charge is 0.409 e. The molecular formula is C16H26N4O. The van der Waals surface area contributed by atoms with Crippen LogP contribution in [0.4, 0.5) is 0 Å². The van der Waals surface area contributed by atoms with Crippen LogP contribution in [0.1, 0.15) is 50.8 Å². The van der Waals surface area contributed by atoms with Crippen molar-refractivity contribution in [3.05, 3.63) is 29.6 Å². The van der Waals surface area contributed by atoms with Crippen molar-refractivity contribution in [3.63, 3.8) is 0 Å². The van der Waals surface area contributed by atoms with Crippen molar-refractivity contribution >= 4 is 5.84 Å². The summed E-state index contributed by atoms with van der Waals surface area (Å²) < 4.78 is 0. The minimum Gasteiger partial charge on any atom is -0.409 e. The summed E-state index contributed by atoms with van der Waals surface area (Å²) in [5.74, 6) is 0.712. The minimum absolute atomic E-state index is 0.0631. The summed E-state index contributed by atoms with van der Waals surface area (Å²) >= 11 is 0. The van der Waals surface area contributed by atoms with E-state index in [1.807, 2.05) is 12.1 Å². The Balaban J connectivity index is 2.12. The van der Waals surface area contributed by atoms with Crippen molar-refractivity contribution in [2.75, 3.05) is 6.54 Å². The number of hydrogen-bond acceptors (Lipinski definition) is 4. The van der Waals surface area contributed by atoms with Gasteiger partial charge in [0.1, 0.15) is 5.69 Å². The number of amidine groups is 1. The van der Waals surface area contributed by atoms with Crippen molar-refractivity contribution < 1.29 is 5.21 Å². The summed E-state index contributed by atoms with van der Waals surface area (Å²) in [5, 5.41) is 11.8. The van der Waals surface area contributed by atoms with E-state index >= 15 is 0 Å². The molecule has 1 aromatic rings. The zero-order valence-corrected chi connectivity index (χ0v) is 13.0. The number of hydrogen-bond donors (Lipinski definition) is 2. The average molecular weight is 290 g/mol. The van der Waals surface area contributed by atoms with E-state index in [1.165, 1.54) is 31.2 Å². The first kappa shape index (κ1) is 15.8. The predicted molar refractivity (Wildman–Crippen MR) is 84.3 cm³/mol. The molecule has 0 amide bonds. The lowest BCUT2D eigenvalue weighted by molar-refractivity contribution is 0.168. The first-order chi connectivity index (χ1) is 10.1. The second kappa shape index (κ2) is 7.41. The summed E-state index contributed by atoms with van der Waals surface area (Å²) in [6, 6.07) is 4.61. The van der Waals surface area contributed by atoms with Crippen LogP contribution in [0.3, 0.4) is 0 Å². The Morgan fingerprint density at radius 3 is 2.81 bits per heavy atom. The molecule has 1 heterocycles. The van der Waals surface area contributed by atoms with E-state index in [-0.39, 0.29) is 5.84 Å². The molecule has 116 valence electrons. The van der Waals surface area contributed by atoms with Gasteiger partial charge < -0.3 is 10.9 Å². The third-order valence-corrected chi connectivity index (χ3v) is 4.02. The van der Waals surface area contributed by atoms with Gasteiger partial charge >= 0.3 is 0 Å². The SMILES string of the molecule is CC(C)CN(Cc1ccnc(/C(N)=N/O)c1)C1CCCC1. The first-order valence-corrected chi connectivity index (χ1v) is 7.77. The standard InChI is InChI=1S/C16H26N4O/c1-12(2)10-20(14-5-3-4-6-14)11-13-7-8-18-15(9-13)16(17)19-21/h7-9,12,14,21H,3-6,10-11H2,1-2H3,(H2,17,19). The molecule has 1 aromatic heterocycles. The predicted octanol–water partition coefficient (Wildman–Crippen LogP) is 2.58. The fourth-order valence-electron chi connectivity index (χ4n) is 3.08. The Kier molecular flexibility index (Phi) is 5.56. The molecule has 3 N–H and O–H groups in total. The van der Waals surface area contributed by atoms with Crippen molar-refractivity contribution in [1.82, 2.24) is 9.88 Å². The molecule has 5 heteroatoms. The quantitative estimate of drug-likeness (QED) is 0.365. The van der Waals surface area contributed by atoms with Crippen LogP contribution >= 0.6 is 0 Å². The molecule has 0 aliphatic heterocycles. The van der Waals surface area contributed by atoms with Crippen molar-refractivity contribution in [2.24, 2.45) is 16.8 Å². The van der Waals surface area contributed by atoms with Crippen LogP contribution in [-0.2, 0) is 6.54 Å². The molecule has 0 spiro atoms. The number of nitrogens with zero attached hydrogens (tertiary/aromatic N) is 3. The highest BCUT2D eigenvalue weighted by molar-refractivity contribution is 5.95. The van der Waals surface area contributed by atoms with Gasteiger partial charge in [-0.2, -0.15) is 0 Å². The summed E-state index contributed by atoms with van der Waals surface area (Å²) in [4.78, 5) is 6.71. The molecule has 0 atom stereocenters. The summed E-state index contributed by atoms with van der Waals surface area (Å²) in [5.41, 5.74) is 7.32. The minimum atomic E-state index is 0.0631. The van der Waals surface area contributed by atoms with Gasteiger partial charge in [0.15, 0.2) is 5.84 Å². The Bertz CT molecular complexity index is 481. The molecular weight excluding hydrogens is 264 g/mol. The monoisotopic (exact) mass is 290 g/mol. The van der Waals surface area contributed by atoms with Gasteiger partial charge in [-0.05, 0) is 36.5 Å². The smallest absolute Gasteiger partial charge is 0.188 e. The molecule has 1 saturated carbocycles. The maximum absolute atomic E-state index is 8.77. The lowest BCUT2D eigenvalue weighted by Crippen LogP contribution is -2.35. The first-order valence-electron chi connectivity index (χ1n) is 7.77. The van der Waals surface area contributed by atoms with Gasteiger partial charge in [0.05, 0.1) is 0 Å². The Morgan fingerprint density at radius 2 is 2.19 bits per heavy atom. The normalized spacial score (nSPS) is 17.0. The molecule has 0 bridgehead atoms. The van der Waals surface area contributed by atoms with E-state index in [0.29, 0.717) is 17.7 Å². The maximum atomic E-state index is 8.77. The molecule has 1 fully saturated rings. The van der Waals surface area contributed by atoms with Crippen LogP contribution < -0.4 is 5.73 Å². The number of rotatable bonds is 6. The maximum Gasteiger partial charge on any atom is 0.188 e. The van der Waals surface area contributed by atoms with Crippen LogP contribution in [0.2, 0.25) is 0 Å². The van der Waals surface area contributed by atoms with Crippen molar-refractivity contribution in [2.45, 2.75) is 52.1 Å². The van der Waals surface area contributed by atoms with E-state index in [4.69, 9.17) is 10.9 Å². The lowest BCUT2D eigenvalue weighted by Gasteiger charge is -2.30. The lowest BCUT2D eigenvalue weighted by atomic mass is 10.1. The molecule has 0 saturated heterocycles. The molecule has 5 nitrogen and oxygen atoms in total. The number of nitrogens with two attached hydrogens (primary N) is 1. The Labute approximate surface area is 126 Å². The Morgan fingerprint density at radius 1 is 1.48 bits per heavy atom. The fraction of sp³-hybridized carbons (Fsp3) is 0.625. The second-order valence-electron chi connectivity index (χ2n) is 6.30. The van der Waals surface area contributed by atoms with Crippen molar-refractivity contribution in [1.29, 1.82) is 0 Å². The third kappa shape index (κ3) is 4.43. The van der Waals surface area contributed by atoms with Crippen molar-refractivity contribution in [3.8, 4) is 0 Å². The van der Waals surface area contributed by atoms with Gasteiger partial charge in [0, 0.05) is 25.3 Å². The molecule has 2 rings (SSSR count). The van der Waals surface area contributed by atoms with Gasteiger partial charge in [-0.25, -0.2) is 0 Å². The van der Waals surface area contributed by atoms with Crippen LogP contribution in [0.25, 0.3) is 0 Å². The van der Waals surface area contributed by atoms with Crippen LogP contribution in [-0.4, -0.2) is 33.5 Å². The van der Waals surface area contributed by atoms with Gasteiger partial charge in [-0.15, -0.1) is 0 Å². The van der Waals surface area contributed by atoms with Gasteiger partial charge in [0.25, 0.3) is 0 Å². The molecule has 0 aromatic carbocycles. The zero-order valence-electron chi connectivity index (χ0n) is 13.0. The summed E-state index contributed by atoms with van der Waals surface area (Å²) in [6.07, 6.45) is 7.00. The number of pyridine rings is 1. The van der Waals surface area contributed by atoms with E-state index < -0.39 is 0 Å². The topological polar surface area (TPSA) is 74.7 Å². The van der Waals surface area contributed by atoms with Crippen LogP contribution in [0.15, 0.2) is 23.5 Å². The fourth-order valence-corrected chi connectivity index (χ4v) is 3.08. The highest BCUT2D eigenvalue weighted by atomic mass is 16.4. The molecule has 1 aliphatic carbocycles. The molecule has 0 unspecified atom stereocenters. The molecule has 21 heavy (non-hydrogen) atoms. The Hall–Kier alpha value is -1.62. The number of aromatic nitrogens is 1. The van der Waals surface area contributed by atoms with Crippen LogP contribution in [0, 0.1) is 5.92 Å². The van der Waals surface area contributed by atoms with E-state index in [1.54, 1.807) is 6.20 Å². The van der Waals surface area contributed by atoms with E-state index in [2.05, 4.69) is 28.9 Å². The van der Waals surface area contributed by atoms with E-state index in [9.17, 15) is 0 Å². The molecule has 1 aliphatic rings.